The van der Waals surface area contributed by atoms with Gasteiger partial charge in [-0.1, -0.05) is 12.1 Å². The molecule has 2 N–H and O–H groups in total. The number of carbonyl (C=O) groups excluding carboxylic acids is 1. The van der Waals surface area contributed by atoms with Crippen LogP contribution in [-0.2, 0) is 0 Å². The molecule has 2 amide bonds. The number of urea groups is 1. The zero-order chi connectivity index (χ0) is 15.3. The number of aryl methyl sites for hydroxylation is 1. The average Bonchev–Trinajstić information content (AvgIpc) is 2.39. The van der Waals surface area contributed by atoms with Gasteiger partial charge in [0, 0.05) is 24.6 Å². The molecule has 6 heteroatoms. The standard InChI is InChI=1S/C14H21BrN4O/c1-5-19(6-2)13(16)17-14(20)18(4)12-10(3)8-7-9-11(12)15/h7-9H,5-6H2,1-4H3,(H2,16,17,20). The van der Waals surface area contributed by atoms with E-state index < -0.39 is 0 Å². The van der Waals surface area contributed by atoms with Crippen molar-refractivity contribution >= 4 is 33.6 Å². The molecule has 0 unspecified atom stereocenters. The Hall–Kier alpha value is -1.56. The maximum Gasteiger partial charge on any atom is 0.328 e. The Balaban J connectivity index is 2.85. The Kier molecular flexibility index (Phi) is 6.01. The maximum absolute atomic E-state index is 12.2. The summed E-state index contributed by atoms with van der Waals surface area (Å²) in [5.74, 6) is 0.122. The van der Waals surface area contributed by atoms with Gasteiger partial charge >= 0.3 is 6.03 Å². The van der Waals surface area contributed by atoms with Crippen LogP contribution in [0.3, 0.4) is 0 Å². The van der Waals surface area contributed by atoms with Gasteiger partial charge in [-0.3, -0.25) is 15.6 Å². The van der Waals surface area contributed by atoms with Crippen molar-refractivity contribution in [1.82, 2.24) is 10.2 Å². The van der Waals surface area contributed by atoms with Gasteiger partial charge in [-0.05, 0) is 48.3 Å². The van der Waals surface area contributed by atoms with Crippen LogP contribution < -0.4 is 10.2 Å². The van der Waals surface area contributed by atoms with Crippen LogP contribution in [0.25, 0.3) is 0 Å². The smallest absolute Gasteiger partial charge is 0.328 e. The number of nitrogens with zero attached hydrogens (tertiary/aromatic N) is 2. The van der Waals surface area contributed by atoms with Gasteiger partial charge in [-0.2, -0.15) is 0 Å². The third-order valence-corrected chi connectivity index (χ3v) is 3.77. The summed E-state index contributed by atoms with van der Waals surface area (Å²) >= 11 is 3.45. The number of anilines is 1. The minimum absolute atomic E-state index is 0.122. The van der Waals surface area contributed by atoms with Crippen molar-refractivity contribution in [2.45, 2.75) is 20.8 Å². The summed E-state index contributed by atoms with van der Waals surface area (Å²) in [5.41, 5.74) is 1.80. The summed E-state index contributed by atoms with van der Waals surface area (Å²) < 4.78 is 0.851. The number of guanidine groups is 1. The second kappa shape index (κ2) is 7.28. The van der Waals surface area contributed by atoms with Crippen LogP contribution >= 0.6 is 15.9 Å². The number of hydrogen-bond donors (Lipinski definition) is 2. The van der Waals surface area contributed by atoms with E-state index in [0.29, 0.717) is 13.1 Å². The number of rotatable bonds is 3. The van der Waals surface area contributed by atoms with Crippen LogP contribution in [-0.4, -0.2) is 37.0 Å². The molecule has 20 heavy (non-hydrogen) atoms. The minimum Gasteiger partial charge on any atom is -0.343 e. The minimum atomic E-state index is -0.322. The van der Waals surface area contributed by atoms with Crippen LogP contribution in [0, 0.1) is 12.3 Å². The Morgan fingerprint density at radius 3 is 2.45 bits per heavy atom. The number of amides is 2. The van der Waals surface area contributed by atoms with E-state index in [4.69, 9.17) is 5.41 Å². The van der Waals surface area contributed by atoms with Crippen molar-refractivity contribution in [3.63, 3.8) is 0 Å². The van der Waals surface area contributed by atoms with Crippen LogP contribution in [0.15, 0.2) is 22.7 Å². The van der Waals surface area contributed by atoms with Crippen molar-refractivity contribution in [3.05, 3.63) is 28.2 Å². The molecule has 0 aliphatic rings. The van der Waals surface area contributed by atoms with Gasteiger partial charge < -0.3 is 4.90 Å². The van der Waals surface area contributed by atoms with E-state index in [-0.39, 0.29) is 12.0 Å². The van der Waals surface area contributed by atoms with Gasteiger partial charge in [0.25, 0.3) is 0 Å². The topological polar surface area (TPSA) is 59.4 Å². The molecule has 0 aromatic heterocycles. The van der Waals surface area contributed by atoms with Crippen molar-refractivity contribution in [2.75, 3.05) is 25.0 Å². The number of halogens is 1. The zero-order valence-electron chi connectivity index (χ0n) is 12.3. The molecule has 0 aliphatic carbocycles. The Labute approximate surface area is 128 Å². The number of benzene rings is 1. The lowest BCUT2D eigenvalue weighted by Gasteiger charge is -2.25. The van der Waals surface area contributed by atoms with E-state index in [1.165, 1.54) is 4.90 Å². The van der Waals surface area contributed by atoms with Gasteiger partial charge in [0.05, 0.1) is 5.69 Å². The molecular formula is C14H21BrN4O. The molecule has 110 valence electrons. The molecule has 0 fully saturated rings. The lowest BCUT2D eigenvalue weighted by Crippen LogP contribution is -2.48. The highest BCUT2D eigenvalue weighted by Crippen LogP contribution is 2.28. The summed E-state index contributed by atoms with van der Waals surface area (Å²) in [6.07, 6.45) is 0. The van der Waals surface area contributed by atoms with Crippen LogP contribution in [0.5, 0.6) is 0 Å². The molecule has 1 aromatic carbocycles. The molecule has 0 spiro atoms. The molecule has 0 saturated heterocycles. The van der Waals surface area contributed by atoms with E-state index in [2.05, 4.69) is 21.2 Å². The van der Waals surface area contributed by atoms with Crippen LogP contribution in [0.2, 0.25) is 0 Å². The van der Waals surface area contributed by atoms with E-state index in [9.17, 15) is 4.79 Å². The SMILES string of the molecule is CCN(CC)C(=N)NC(=O)N(C)c1c(C)cccc1Br. The first-order valence-electron chi connectivity index (χ1n) is 6.55. The lowest BCUT2D eigenvalue weighted by molar-refractivity contribution is 0.250. The fourth-order valence-electron chi connectivity index (χ4n) is 1.95. The maximum atomic E-state index is 12.2. The molecule has 0 radical (unpaired) electrons. The molecule has 0 heterocycles. The second-order valence-corrected chi connectivity index (χ2v) is 5.27. The number of para-hydroxylation sites is 1. The fourth-order valence-corrected chi connectivity index (χ4v) is 2.68. The van der Waals surface area contributed by atoms with E-state index in [1.54, 1.807) is 11.9 Å². The number of carbonyl (C=O) groups is 1. The van der Waals surface area contributed by atoms with E-state index in [0.717, 1.165) is 15.7 Å². The van der Waals surface area contributed by atoms with Crippen LogP contribution in [0.4, 0.5) is 10.5 Å². The van der Waals surface area contributed by atoms with Crippen molar-refractivity contribution in [3.8, 4) is 0 Å². The molecule has 1 rings (SSSR count). The number of nitrogens with one attached hydrogen (secondary N) is 2. The van der Waals surface area contributed by atoms with Crippen molar-refractivity contribution in [1.29, 1.82) is 5.41 Å². The van der Waals surface area contributed by atoms with Crippen LogP contribution in [0.1, 0.15) is 19.4 Å². The third-order valence-electron chi connectivity index (χ3n) is 3.13. The Morgan fingerprint density at radius 1 is 1.35 bits per heavy atom. The first kappa shape index (κ1) is 16.5. The Bertz CT molecular complexity index is 480. The van der Waals surface area contributed by atoms with Crippen molar-refractivity contribution in [2.24, 2.45) is 0 Å². The largest absolute Gasteiger partial charge is 0.343 e. The highest BCUT2D eigenvalue weighted by Gasteiger charge is 2.18. The quantitative estimate of drug-likeness (QED) is 0.655. The van der Waals surface area contributed by atoms with E-state index in [1.807, 2.05) is 39.0 Å². The van der Waals surface area contributed by atoms with Gasteiger partial charge in [0.2, 0.25) is 0 Å². The summed E-state index contributed by atoms with van der Waals surface area (Å²) in [4.78, 5) is 15.5. The molecule has 0 aliphatic heterocycles. The normalized spacial score (nSPS) is 10.1. The van der Waals surface area contributed by atoms with Gasteiger partial charge in [0.1, 0.15) is 0 Å². The van der Waals surface area contributed by atoms with Gasteiger partial charge in [0.15, 0.2) is 5.96 Å². The zero-order valence-corrected chi connectivity index (χ0v) is 13.9. The summed E-state index contributed by atoms with van der Waals surface area (Å²) in [6, 6.07) is 5.44. The molecule has 0 bridgehead atoms. The summed E-state index contributed by atoms with van der Waals surface area (Å²) in [6.45, 7) is 7.22. The molecule has 0 atom stereocenters. The predicted octanol–water partition coefficient (Wildman–Crippen LogP) is 3.18. The first-order valence-corrected chi connectivity index (χ1v) is 7.34. The molecular weight excluding hydrogens is 320 g/mol. The first-order chi connectivity index (χ1) is 9.42. The Morgan fingerprint density at radius 2 is 1.95 bits per heavy atom. The molecule has 1 aromatic rings. The number of hydrogen-bond acceptors (Lipinski definition) is 2. The molecule has 5 nitrogen and oxygen atoms in total. The highest BCUT2D eigenvalue weighted by atomic mass is 79.9. The van der Waals surface area contributed by atoms with E-state index >= 15 is 0 Å². The monoisotopic (exact) mass is 340 g/mol. The fraction of sp³-hybridized carbons (Fsp3) is 0.429. The average molecular weight is 341 g/mol. The second-order valence-electron chi connectivity index (χ2n) is 4.42. The molecule has 0 saturated carbocycles. The van der Waals surface area contributed by atoms with Gasteiger partial charge in [-0.25, -0.2) is 4.79 Å². The highest BCUT2D eigenvalue weighted by molar-refractivity contribution is 9.10. The van der Waals surface area contributed by atoms with Gasteiger partial charge in [-0.15, -0.1) is 0 Å². The lowest BCUT2D eigenvalue weighted by atomic mass is 10.2. The summed E-state index contributed by atoms with van der Waals surface area (Å²) in [7, 11) is 1.69. The third kappa shape index (κ3) is 3.72. The predicted molar refractivity (Wildman–Crippen MR) is 86.5 cm³/mol. The van der Waals surface area contributed by atoms with Crippen molar-refractivity contribution < 1.29 is 4.79 Å². The summed E-state index contributed by atoms with van der Waals surface area (Å²) in [5, 5.41) is 10.5.